The second kappa shape index (κ2) is 7.37. The molecule has 2 aromatic heterocycles. The summed E-state index contributed by atoms with van der Waals surface area (Å²) >= 11 is 0. The number of aryl methyl sites for hydroxylation is 1. The van der Waals surface area contributed by atoms with E-state index in [0.29, 0.717) is 17.4 Å². The highest BCUT2D eigenvalue weighted by Gasteiger charge is 2.28. The minimum Gasteiger partial charge on any atom is -0.449 e. The molecule has 0 unspecified atom stereocenters. The molecule has 4 aromatic rings. The van der Waals surface area contributed by atoms with Gasteiger partial charge in [0, 0.05) is 22.6 Å². The summed E-state index contributed by atoms with van der Waals surface area (Å²) in [7, 11) is 0. The Kier molecular flexibility index (Phi) is 4.54. The van der Waals surface area contributed by atoms with Gasteiger partial charge >= 0.3 is 5.97 Å². The van der Waals surface area contributed by atoms with Gasteiger partial charge in [-0.25, -0.2) is 4.79 Å². The maximum absolute atomic E-state index is 13.0. The van der Waals surface area contributed by atoms with Crippen molar-refractivity contribution in [2.75, 3.05) is 0 Å². The van der Waals surface area contributed by atoms with Crippen molar-refractivity contribution in [3.63, 3.8) is 0 Å². The highest BCUT2D eigenvalue weighted by Crippen LogP contribution is 2.40. The highest BCUT2D eigenvalue weighted by atomic mass is 16.6. The summed E-state index contributed by atoms with van der Waals surface area (Å²) in [6, 6.07) is 17.3. The lowest BCUT2D eigenvalue weighted by Crippen LogP contribution is -2.11. The first-order chi connectivity index (χ1) is 14.6. The third kappa shape index (κ3) is 3.56. The first-order valence-corrected chi connectivity index (χ1v) is 10.1. The van der Waals surface area contributed by atoms with E-state index in [0.717, 1.165) is 40.6 Å². The molecular formula is C24H21N3O3. The van der Waals surface area contributed by atoms with Crippen molar-refractivity contribution in [1.29, 1.82) is 0 Å². The van der Waals surface area contributed by atoms with Gasteiger partial charge in [-0.1, -0.05) is 35.9 Å². The Bertz CT molecular complexity index is 1230. The molecule has 5 rings (SSSR count). The monoisotopic (exact) mass is 399 g/mol. The van der Waals surface area contributed by atoms with Crippen molar-refractivity contribution >= 4 is 16.9 Å². The van der Waals surface area contributed by atoms with Crippen LogP contribution in [-0.2, 0) is 4.74 Å². The molecule has 0 N–H and O–H groups in total. The van der Waals surface area contributed by atoms with E-state index in [1.807, 2.05) is 61.5 Å². The van der Waals surface area contributed by atoms with Gasteiger partial charge in [-0.2, -0.15) is 0 Å². The molecule has 0 radical (unpaired) electrons. The number of benzene rings is 2. The maximum atomic E-state index is 13.0. The Labute approximate surface area is 173 Å². The minimum atomic E-state index is -0.666. The Balaban J connectivity index is 1.40. The fraction of sp³-hybridized carbons (Fsp3) is 0.250. The topological polar surface area (TPSA) is 78.1 Å². The lowest BCUT2D eigenvalue weighted by molar-refractivity contribution is 0.0282. The average molecular weight is 399 g/mol. The zero-order valence-electron chi connectivity index (χ0n) is 16.8. The SMILES string of the molecule is Cc1ccc(-c2nnc([C@@H](C)OC(=O)c3cc(C4CC4)nc4ccccc34)o2)cc1. The molecule has 6 nitrogen and oxygen atoms in total. The van der Waals surface area contributed by atoms with Crippen LogP contribution < -0.4 is 0 Å². The predicted molar refractivity (Wildman–Crippen MR) is 112 cm³/mol. The van der Waals surface area contributed by atoms with Crippen LogP contribution in [0.3, 0.4) is 0 Å². The van der Waals surface area contributed by atoms with Gasteiger partial charge in [0.2, 0.25) is 5.89 Å². The number of aromatic nitrogens is 3. The van der Waals surface area contributed by atoms with Crippen molar-refractivity contribution in [2.45, 2.75) is 38.7 Å². The van der Waals surface area contributed by atoms with E-state index in [9.17, 15) is 4.79 Å². The second-order valence-corrected chi connectivity index (χ2v) is 7.75. The Hall–Kier alpha value is -3.54. The Morgan fingerprint density at radius 2 is 1.87 bits per heavy atom. The molecule has 0 aliphatic heterocycles. The molecule has 0 spiro atoms. The Morgan fingerprint density at radius 1 is 1.10 bits per heavy atom. The van der Waals surface area contributed by atoms with Crippen LogP contribution in [0.15, 0.2) is 59.0 Å². The number of para-hydroxylation sites is 1. The predicted octanol–water partition coefficient (Wildman–Crippen LogP) is 5.39. The number of carbonyl (C=O) groups is 1. The molecule has 6 heteroatoms. The molecule has 2 aromatic carbocycles. The number of fused-ring (bicyclic) bond motifs is 1. The van der Waals surface area contributed by atoms with Crippen molar-refractivity contribution in [1.82, 2.24) is 15.2 Å². The van der Waals surface area contributed by atoms with Gasteiger partial charge in [0.1, 0.15) is 0 Å². The number of pyridine rings is 1. The molecule has 150 valence electrons. The third-order valence-electron chi connectivity index (χ3n) is 5.32. The molecule has 0 amide bonds. The van der Waals surface area contributed by atoms with Crippen LogP contribution in [0.25, 0.3) is 22.4 Å². The summed E-state index contributed by atoms with van der Waals surface area (Å²) in [6.45, 7) is 3.75. The molecule has 1 saturated carbocycles. The maximum Gasteiger partial charge on any atom is 0.339 e. The van der Waals surface area contributed by atoms with Gasteiger partial charge in [-0.05, 0) is 51.0 Å². The summed E-state index contributed by atoms with van der Waals surface area (Å²) in [5.74, 6) is 0.683. The average Bonchev–Trinajstić information content (AvgIpc) is 3.50. The lowest BCUT2D eigenvalue weighted by atomic mass is 10.1. The number of esters is 1. The number of nitrogens with zero attached hydrogens (tertiary/aromatic N) is 3. The summed E-state index contributed by atoms with van der Waals surface area (Å²) in [5, 5.41) is 8.95. The molecule has 2 heterocycles. The fourth-order valence-corrected chi connectivity index (χ4v) is 3.44. The molecule has 30 heavy (non-hydrogen) atoms. The van der Waals surface area contributed by atoms with E-state index in [-0.39, 0.29) is 5.89 Å². The molecule has 1 aliphatic rings. The molecule has 0 saturated heterocycles. The van der Waals surface area contributed by atoms with Gasteiger partial charge in [0.25, 0.3) is 5.89 Å². The van der Waals surface area contributed by atoms with E-state index in [2.05, 4.69) is 10.2 Å². The molecule has 0 bridgehead atoms. The number of carbonyl (C=O) groups excluding carboxylic acids is 1. The van der Waals surface area contributed by atoms with Crippen LogP contribution in [0.1, 0.15) is 59.3 Å². The van der Waals surface area contributed by atoms with Gasteiger partial charge in [0.15, 0.2) is 6.10 Å². The molecule has 1 atom stereocenters. The van der Waals surface area contributed by atoms with Crippen LogP contribution in [-0.4, -0.2) is 21.2 Å². The number of hydrogen-bond donors (Lipinski definition) is 0. The largest absolute Gasteiger partial charge is 0.449 e. The van der Waals surface area contributed by atoms with Crippen molar-refractivity contribution in [3.05, 3.63) is 77.3 Å². The van der Waals surface area contributed by atoms with Crippen molar-refractivity contribution in [3.8, 4) is 11.5 Å². The first kappa shape index (κ1) is 18.5. The van der Waals surface area contributed by atoms with Crippen LogP contribution in [0.4, 0.5) is 0 Å². The van der Waals surface area contributed by atoms with Gasteiger partial charge < -0.3 is 9.15 Å². The smallest absolute Gasteiger partial charge is 0.339 e. The number of rotatable bonds is 5. The molecular weight excluding hydrogens is 378 g/mol. The Morgan fingerprint density at radius 3 is 2.63 bits per heavy atom. The summed E-state index contributed by atoms with van der Waals surface area (Å²) < 4.78 is 11.4. The summed E-state index contributed by atoms with van der Waals surface area (Å²) in [5.41, 5.74) is 4.25. The quantitative estimate of drug-likeness (QED) is 0.419. The summed E-state index contributed by atoms with van der Waals surface area (Å²) in [4.78, 5) is 17.7. The van der Waals surface area contributed by atoms with E-state index in [1.165, 1.54) is 0 Å². The number of ether oxygens (including phenoxy) is 1. The number of hydrogen-bond acceptors (Lipinski definition) is 6. The van der Waals surface area contributed by atoms with Gasteiger partial charge in [0.05, 0.1) is 11.1 Å². The van der Waals surface area contributed by atoms with E-state index in [1.54, 1.807) is 6.92 Å². The fourth-order valence-electron chi connectivity index (χ4n) is 3.44. The van der Waals surface area contributed by atoms with Crippen molar-refractivity contribution < 1.29 is 13.9 Å². The van der Waals surface area contributed by atoms with Gasteiger partial charge in [-0.15, -0.1) is 10.2 Å². The zero-order chi connectivity index (χ0) is 20.7. The zero-order valence-corrected chi connectivity index (χ0v) is 16.8. The van der Waals surface area contributed by atoms with Crippen LogP contribution >= 0.6 is 0 Å². The van der Waals surface area contributed by atoms with Gasteiger partial charge in [-0.3, -0.25) is 4.98 Å². The second-order valence-electron chi connectivity index (χ2n) is 7.75. The highest BCUT2D eigenvalue weighted by molar-refractivity contribution is 6.03. The van der Waals surface area contributed by atoms with E-state index < -0.39 is 12.1 Å². The van der Waals surface area contributed by atoms with Crippen LogP contribution in [0.2, 0.25) is 0 Å². The van der Waals surface area contributed by atoms with Crippen LogP contribution in [0, 0.1) is 6.92 Å². The van der Waals surface area contributed by atoms with Crippen molar-refractivity contribution in [2.24, 2.45) is 0 Å². The molecule has 1 aliphatic carbocycles. The summed E-state index contributed by atoms with van der Waals surface area (Å²) in [6.07, 6.45) is 1.56. The van der Waals surface area contributed by atoms with E-state index in [4.69, 9.17) is 14.1 Å². The molecule has 1 fully saturated rings. The first-order valence-electron chi connectivity index (χ1n) is 10.1. The normalized spacial score (nSPS) is 14.6. The third-order valence-corrected chi connectivity index (χ3v) is 5.32. The minimum absolute atomic E-state index is 0.264. The van der Waals surface area contributed by atoms with E-state index >= 15 is 0 Å². The lowest BCUT2D eigenvalue weighted by Gasteiger charge is -2.12. The van der Waals surface area contributed by atoms with Crippen LogP contribution in [0.5, 0.6) is 0 Å². The standard InChI is InChI=1S/C24H21N3O3/c1-14-7-9-17(10-8-14)23-27-26-22(30-23)15(2)29-24(28)19-13-21(16-11-12-16)25-20-6-4-3-5-18(19)20/h3-10,13,15-16H,11-12H2,1-2H3/t15-/m1/s1.